The molecule has 0 aliphatic carbocycles. The third-order valence-corrected chi connectivity index (χ3v) is 5.48. The van der Waals surface area contributed by atoms with Gasteiger partial charge in [0, 0.05) is 17.5 Å². The Balaban J connectivity index is 2.12. The summed E-state index contributed by atoms with van der Waals surface area (Å²) in [6, 6.07) is 8.35. The number of carbonyl (C=O) groups excluding carboxylic acids is 4. The topological polar surface area (TPSA) is 137 Å². The number of ether oxygens (including phenoxy) is 2. The molecule has 1 radical (unpaired) electrons. The zero-order valence-electron chi connectivity index (χ0n) is 18.7. The Kier molecular flexibility index (Phi) is 7.62. The Morgan fingerprint density at radius 1 is 1.26 bits per heavy atom. The molecule has 34 heavy (non-hydrogen) atoms. The molecular weight excluding hydrogens is 466 g/mol. The van der Waals surface area contributed by atoms with Crippen LogP contribution in [0.5, 0.6) is 11.5 Å². The lowest BCUT2D eigenvalue weighted by Crippen LogP contribution is -2.41. The molecule has 2 aromatic carbocycles. The zero-order valence-corrected chi connectivity index (χ0v) is 19.5. The maximum Gasteiger partial charge on any atom is 0.329 e. The van der Waals surface area contributed by atoms with E-state index in [1.54, 1.807) is 25.1 Å². The molecule has 0 saturated carbocycles. The van der Waals surface area contributed by atoms with E-state index in [1.165, 1.54) is 24.1 Å². The van der Waals surface area contributed by atoms with Gasteiger partial charge in [-0.2, -0.15) is 5.48 Å². The second-order valence-electron chi connectivity index (χ2n) is 7.31. The molecule has 2 atom stereocenters. The van der Waals surface area contributed by atoms with Crippen molar-refractivity contribution in [2.24, 2.45) is 5.73 Å². The first-order chi connectivity index (χ1) is 16.2. The van der Waals surface area contributed by atoms with Gasteiger partial charge in [-0.05, 0) is 36.8 Å². The predicted molar refractivity (Wildman–Crippen MR) is 120 cm³/mol. The predicted octanol–water partition coefficient (Wildman–Crippen LogP) is 2.26. The van der Waals surface area contributed by atoms with E-state index in [1.807, 2.05) is 5.48 Å². The van der Waals surface area contributed by atoms with Gasteiger partial charge in [-0.15, -0.1) is 0 Å². The quantitative estimate of drug-likeness (QED) is 0.543. The van der Waals surface area contributed by atoms with E-state index < -0.39 is 35.8 Å². The van der Waals surface area contributed by atoms with E-state index in [9.17, 15) is 19.2 Å². The van der Waals surface area contributed by atoms with Crippen molar-refractivity contribution >= 4 is 35.3 Å². The van der Waals surface area contributed by atoms with Crippen molar-refractivity contribution in [3.8, 4) is 11.5 Å². The fourth-order valence-electron chi connectivity index (χ4n) is 3.81. The summed E-state index contributed by atoms with van der Waals surface area (Å²) in [6.45, 7) is 3.24. The van der Waals surface area contributed by atoms with E-state index in [-0.39, 0.29) is 22.6 Å². The molecule has 0 saturated heterocycles. The minimum Gasteiger partial charge on any atom is -0.493 e. The normalized spacial score (nSPS) is 15.4. The second-order valence-corrected chi connectivity index (χ2v) is 7.72. The zero-order chi connectivity index (χ0) is 25.0. The summed E-state index contributed by atoms with van der Waals surface area (Å²) < 4.78 is 10.9. The first-order valence-electron chi connectivity index (χ1n) is 10.3. The number of hydroxylamine groups is 1. The molecule has 1 aliphatic rings. The molecule has 0 spiro atoms. The lowest BCUT2D eigenvalue weighted by Gasteiger charge is -2.32. The number of fused-ring (bicyclic) bond motifs is 1. The number of nitrogens with zero attached hydrogens (tertiary/aromatic N) is 1. The largest absolute Gasteiger partial charge is 0.493 e. The highest BCUT2D eigenvalue weighted by atomic mass is 35.5. The number of carbonyl (C=O) groups is 4. The van der Waals surface area contributed by atoms with Crippen molar-refractivity contribution in [3.05, 3.63) is 58.1 Å². The van der Waals surface area contributed by atoms with Crippen LogP contribution in [0.2, 0.25) is 5.02 Å². The van der Waals surface area contributed by atoms with Gasteiger partial charge in [0.1, 0.15) is 6.04 Å². The molecule has 3 rings (SSSR count). The van der Waals surface area contributed by atoms with Crippen LogP contribution in [0.25, 0.3) is 0 Å². The second kappa shape index (κ2) is 10.4. The maximum atomic E-state index is 13.4. The van der Waals surface area contributed by atoms with Gasteiger partial charge >= 0.3 is 5.97 Å². The van der Waals surface area contributed by atoms with Gasteiger partial charge in [0.25, 0.3) is 11.8 Å². The van der Waals surface area contributed by atoms with Crippen molar-refractivity contribution in [3.63, 3.8) is 0 Å². The Morgan fingerprint density at radius 2 is 2.00 bits per heavy atom. The highest BCUT2D eigenvalue weighted by Crippen LogP contribution is 2.45. The SMILES string of the molecule is CCOc1cc(C(CC(=O)NOC(C)=O)N2C(=O)c3[c]ccc(Cl)c3C2C(N)=O)ccc1OC. The van der Waals surface area contributed by atoms with Crippen LogP contribution in [0.4, 0.5) is 0 Å². The molecule has 1 aliphatic heterocycles. The molecular formula is C23H23ClN3O7. The van der Waals surface area contributed by atoms with Crippen molar-refractivity contribution in [2.75, 3.05) is 13.7 Å². The number of hydrogen-bond acceptors (Lipinski definition) is 7. The monoisotopic (exact) mass is 488 g/mol. The summed E-state index contributed by atoms with van der Waals surface area (Å²) in [5.41, 5.74) is 8.46. The third-order valence-electron chi connectivity index (χ3n) is 5.15. The smallest absolute Gasteiger partial charge is 0.329 e. The van der Waals surface area contributed by atoms with E-state index in [4.69, 9.17) is 26.8 Å². The number of rotatable bonds is 8. The van der Waals surface area contributed by atoms with Gasteiger partial charge in [-0.25, -0.2) is 0 Å². The van der Waals surface area contributed by atoms with Gasteiger partial charge in [-0.3, -0.25) is 19.2 Å². The van der Waals surface area contributed by atoms with Crippen molar-refractivity contribution in [1.82, 2.24) is 10.4 Å². The molecule has 3 N–H and O–H groups in total. The van der Waals surface area contributed by atoms with Gasteiger partial charge in [0.2, 0.25) is 5.91 Å². The van der Waals surface area contributed by atoms with E-state index in [0.717, 1.165) is 6.92 Å². The Hall–Kier alpha value is -3.79. The molecule has 2 unspecified atom stereocenters. The highest BCUT2D eigenvalue weighted by molar-refractivity contribution is 6.32. The van der Waals surface area contributed by atoms with Crippen LogP contribution in [0.15, 0.2) is 30.3 Å². The molecule has 0 bridgehead atoms. The molecule has 0 aromatic heterocycles. The maximum absolute atomic E-state index is 13.4. The summed E-state index contributed by atoms with van der Waals surface area (Å²) in [7, 11) is 1.48. The van der Waals surface area contributed by atoms with E-state index in [2.05, 4.69) is 10.9 Å². The molecule has 179 valence electrons. The summed E-state index contributed by atoms with van der Waals surface area (Å²) in [5.74, 6) is -2.05. The highest BCUT2D eigenvalue weighted by Gasteiger charge is 2.46. The van der Waals surface area contributed by atoms with Crippen LogP contribution in [-0.4, -0.2) is 42.3 Å². The first-order valence-corrected chi connectivity index (χ1v) is 10.7. The average molecular weight is 489 g/mol. The number of benzene rings is 2. The summed E-state index contributed by atoms with van der Waals surface area (Å²) in [6.07, 6.45) is -0.369. The molecule has 11 heteroatoms. The number of amides is 3. The van der Waals surface area contributed by atoms with Crippen LogP contribution in [0.1, 0.15) is 53.8 Å². The fraction of sp³-hybridized carbons (Fsp3) is 0.304. The summed E-state index contributed by atoms with van der Waals surface area (Å²) >= 11 is 6.31. The van der Waals surface area contributed by atoms with Crippen LogP contribution in [0, 0.1) is 6.07 Å². The van der Waals surface area contributed by atoms with Crippen molar-refractivity contribution in [1.29, 1.82) is 0 Å². The van der Waals surface area contributed by atoms with Crippen molar-refractivity contribution < 1.29 is 33.5 Å². The Bertz CT molecular complexity index is 1140. The molecule has 2 aromatic rings. The number of nitrogens with two attached hydrogens (primary N) is 1. The number of primary amides is 1. The lowest BCUT2D eigenvalue weighted by molar-refractivity contribution is -0.156. The minimum absolute atomic E-state index is 0.0836. The van der Waals surface area contributed by atoms with Gasteiger partial charge in [0.05, 0.1) is 31.7 Å². The number of nitrogens with one attached hydrogen (secondary N) is 1. The third kappa shape index (κ3) is 4.91. The standard InChI is InChI=1S/C23H23ClN3O7/c1-4-33-18-10-13(8-9-17(18)32-3)16(11-19(29)26-34-12(2)28)27-21(22(25)30)20-14(23(27)31)6-5-7-15(20)24/h5,7-10,16,21H,4,11H2,1-3H3,(H2,25,30)(H,26,29). The van der Waals surface area contributed by atoms with Crippen LogP contribution >= 0.6 is 11.6 Å². The molecule has 3 amide bonds. The van der Waals surface area contributed by atoms with Crippen LogP contribution < -0.4 is 20.7 Å². The fourth-order valence-corrected chi connectivity index (χ4v) is 4.07. The minimum atomic E-state index is -1.25. The van der Waals surface area contributed by atoms with Crippen LogP contribution in [-0.2, 0) is 19.2 Å². The average Bonchev–Trinajstić information content (AvgIpc) is 3.10. The lowest BCUT2D eigenvalue weighted by atomic mass is 9.98. The number of hydrogen-bond donors (Lipinski definition) is 2. The van der Waals surface area contributed by atoms with Gasteiger partial charge in [-0.1, -0.05) is 23.7 Å². The Labute approximate surface area is 200 Å². The number of halogens is 1. The molecule has 10 nitrogen and oxygen atoms in total. The van der Waals surface area contributed by atoms with E-state index in [0.29, 0.717) is 23.7 Å². The molecule has 1 heterocycles. The van der Waals surface area contributed by atoms with Crippen LogP contribution in [0.3, 0.4) is 0 Å². The van der Waals surface area contributed by atoms with E-state index >= 15 is 0 Å². The number of methoxy groups -OCH3 is 1. The summed E-state index contributed by atoms with van der Waals surface area (Å²) in [4.78, 5) is 55.4. The Morgan fingerprint density at radius 3 is 2.62 bits per heavy atom. The van der Waals surface area contributed by atoms with Gasteiger partial charge in [0.15, 0.2) is 11.5 Å². The van der Waals surface area contributed by atoms with Gasteiger partial charge < -0.3 is 24.9 Å². The van der Waals surface area contributed by atoms with Crippen molar-refractivity contribution in [2.45, 2.75) is 32.4 Å². The summed E-state index contributed by atoms with van der Waals surface area (Å²) in [5, 5.41) is 0.168. The molecule has 0 fully saturated rings. The first kappa shape index (κ1) is 24.8.